The fourth-order valence-electron chi connectivity index (χ4n) is 2.46. The number of fused-ring (bicyclic) bond motifs is 1. The second-order valence-electron chi connectivity index (χ2n) is 5.25. The van der Waals surface area contributed by atoms with E-state index in [0.29, 0.717) is 12.4 Å². The molecular formula is C17H15NO7S. The van der Waals surface area contributed by atoms with Crippen LogP contribution in [0.1, 0.15) is 20.7 Å². The Morgan fingerprint density at radius 3 is 2.46 bits per heavy atom. The topological polar surface area (TPSA) is 108 Å². The Bertz CT molecular complexity index is 969. The molecule has 1 aliphatic rings. The summed E-state index contributed by atoms with van der Waals surface area (Å²) in [6.45, 7) is 0.581. The van der Waals surface area contributed by atoms with Gasteiger partial charge in [-0.3, -0.25) is 4.79 Å². The number of hydrogen-bond acceptors (Lipinski definition) is 7. The summed E-state index contributed by atoms with van der Waals surface area (Å²) in [6, 6.07) is 10.0. The zero-order valence-electron chi connectivity index (χ0n) is 13.7. The minimum absolute atomic E-state index is 0.0151. The molecule has 9 heteroatoms. The van der Waals surface area contributed by atoms with Crippen molar-refractivity contribution in [3.8, 4) is 11.5 Å². The largest absolute Gasteiger partial charge is 0.486 e. The number of sulfonamides is 1. The zero-order valence-corrected chi connectivity index (χ0v) is 14.5. The molecule has 0 unspecified atom stereocenters. The van der Waals surface area contributed by atoms with Crippen LogP contribution in [0, 0.1) is 0 Å². The van der Waals surface area contributed by atoms with Crippen molar-refractivity contribution in [2.75, 3.05) is 20.3 Å². The van der Waals surface area contributed by atoms with Gasteiger partial charge in [0.15, 0.2) is 11.5 Å². The number of benzene rings is 2. The van der Waals surface area contributed by atoms with Crippen molar-refractivity contribution in [2.24, 2.45) is 0 Å². The van der Waals surface area contributed by atoms with Crippen LogP contribution >= 0.6 is 0 Å². The molecule has 1 N–H and O–H groups in total. The Kier molecular flexibility index (Phi) is 4.81. The maximum Gasteiger partial charge on any atom is 0.339 e. The molecule has 0 atom stereocenters. The van der Waals surface area contributed by atoms with Gasteiger partial charge in [-0.15, -0.1) is 0 Å². The van der Waals surface area contributed by atoms with Gasteiger partial charge in [0.05, 0.1) is 18.2 Å². The number of amides is 1. The van der Waals surface area contributed by atoms with Crippen LogP contribution in [0.2, 0.25) is 0 Å². The van der Waals surface area contributed by atoms with E-state index >= 15 is 0 Å². The minimum atomic E-state index is -4.32. The molecule has 0 fully saturated rings. The molecule has 0 saturated carbocycles. The highest BCUT2D eigenvalue weighted by Crippen LogP contribution is 2.33. The quantitative estimate of drug-likeness (QED) is 0.802. The van der Waals surface area contributed by atoms with Crippen molar-refractivity contribution in [1.29, 1.82) is 0 Å². The average molecular weight is 377 g/mol. The lowest BCUT2D eigenvalue weighted by Crippen LogP contribution is -2.32. The van der Waals surface area contributed by atoms with Crippen LogP contribution in [0.4, 0.5) is 0 Å². The summed E-state index contributed by atoms with van der Waals surface area (Å²) in [4.78, 5) is 23.9. The molecule has 2 aromatic rings. The third-order valence-corrected chi connectivity index (χ3v) is 5.01. The number of nitrogens with one attached hydrogen (secondary N) is 1. The molecule has 0 saturated heterocycles. The van der Waals surface area contributed by atoms with Crippen molar-refractivity contribution >= 4 is 21.9 Å². The van der Waals surface area contributed by atoms with E-state index in [-0.39, 0.29) is 28.4 Å². The first-order valence-electron chi connectivity index (χ1n) is 7.57. The Morgan fingerprint density at radius 2 is 1.69 bits per heavy atom. The predicted octanol–water partition coefficient (Wildman–Crippen LogP) is 1.36. The molecule has 0 spiro atoms. The highest BCUT2D eigenvalue weighted by molar-refractivity contribution is 7.90. The van der Waals surface area contributed by atoms with Gasteiger partial charge in [0.25, 0.3) is 15.9 Å². The van der Waals surface area contributed by atoms with E-state index in [9.17, 15) is 18.0 Å². The first kappa shape index (κ1) is 17.7. The van der Waals surface area contributed by atoms with Crippen LogP contribution in [-0.2, 0) is 14.8 Å². The standard InChI is InChI=1S/C17H15NO7S/c1-23-17(20)11-5-2-3-8-14(11)26(21,22)18-16(19)12-6-4-7-13-15(12)25-10-9-24-13/h2-8H,9-10H2,1H3,(H,18,19). The Morgan fingerprint density at radius 1 is 1.00 bits per heavy atom. The number of carbonyl (C=O) groups excluding carboxylic acids is 2. The molecule has 1 aliphatic heterocycles. The van der Waals surface area contributed by atoms with Crippen LogP contribution in [0.25, 0.3) is 0 Å². The lowest BCUT2D eigenvalue weighted by Gasteiger charge is -2.20. The molecule has 26 heavy (non-hydrogen) atoms. The van der Waals surface area contributed by atoms with Crippen molar-refractivity contribution in [3.05, 3.63) is 53.6 Å². The van der Waals surface area contributed by atoms with E-state index in [1.165, 1.54) is 30.3 Å². The van der Waals surface area contributed by atoms with Crippen molar-refractivity contribution < 1.29 is 32.2 Å². The molecule has 1 amide bonds. The van der Waals surface area contributed by atoms with Gasteiger partial charge in [0.1, 0.15) is 18.1 Å². The minimum Gasteiger partial charge on any atom is -0.486 e. The molecule has 136 valence electrons. The van der Waals surface area contributed by atoms with Gasteiger partial charge < -0.3 is 14.2 Å². The SMILES string of the molecule is COC(=O)c1ccccc1S(=O)(=O)NC(=O)c1cccc2c1OCCO2. The number of rotatable bonds is 4. The van der Waals surface area contributed by atoms with E-state index in [1.807, 2.05) is 4.72 Å². The fourth-order valence-corrected chi connectivity index (χ4v) is 3.63. The summed E-state index contributed by atoms with van der Waals surface area (Å²) in [7, 11) is -3.18. The Hall–Kier alpha value is -3.07. The molecule has 3 rings (SSSR count). The van der Waals surface area contributed by atoms with Gasteiger partial charge in [0, 0.05) is 0 Å². The zero-order chi connectivity index (χ0) is 18.7. The third kappa shape index (κ3) is 3.33. The number of para-hydroxylation sites is 1. The summed E-state index contributed by atoms with van der Waals surface area (Å²) in [6.07, 6.45) is 0. The first-order chi connectivity index (χ1) is 12.4. The van der Waals surface area contributed by atoms with Gasteiger partial charge in [-0.2, -0.15) is 0 Å². The Labute approximate surface area is 149 Å². The average Bonchev–Trinajstić information content (AvgIpc) is 2.66. The van der Waals surface area contributed by atoms with Crippen LogP contribution in [0.15, 0.2) is 47.4 Å². The van der Waals surface area contributed by atoms with Crippen LogP contribution < -0.4 is 14.2 Å². The first-order valence-corrected chi connectivity index (χ1v) is 9.05. The molecule has 0 radical (unpaired) electrons. The Balaban J connectivity index is 1.94. The van der Waals surface area contributed by atoms with Gasteiger partial charge in [0.2, 0.25) is 0 Å². The van der Waals surface area contributed by atoms with E-state index in [0.717, 1.165) is 7.11 Å². The summed E-state index contributed by atoms with van der Waals surface area (Å²) in [5, 5.41) is 0. The van der Waals surface area contributed by atoms with E-state index in [4.69, 9.17) is 9.47 Å². The fraction of sp³-hybridized carbons (Fsp3) is 0.176. The highest BCUT2D eigenvalue weighted by atomic mass is 32.2. The number of esters is 1. The number of hydrogen-bond donors (Lipinski definition) is 1. The summed E-state index contributed by atoms with van der Waals surface area (Å²) in [5.74, 6) is -1.19. The monoisotopic (exact) mass is 377 g/mol. The smallest absolute Gasteiger partial charge is 0.339 e. The van der Waals surface area contributed by atoms with Crippen molar-refractivity contribution in [3.63, 3.8) is 0 Å². The normalized spacial score (nSPS) is 13.0. The van der Waals surface area contributed by atoms with E-state index < -0.39 is 21.9 Å². The van der Waals surface area contributed by atoms with E-state index in [2.05, 4.69) is 4.74 Å². The van der Waals surface area contributed by atoms with E-state index in [1.54, 1.807) is 12.1 Å². The van der Waals surface area contributed by atoms with Gasteiger partial charge in [-0.1, -0.05) is 18.2 Å². The van der Waals surface area contributed by atoms with Crippen LogP contribution in [0.3, 0.4) is 0 Å². The van der Waals surface area contributed by atoms with Gasteiger partial charge in [-0.25, -0.2) is 17.9 Å². The highest BCUT2D eigenvalue weighted by Gasteiger charge is 2.27. The third-order valence-electron chi connectivity index (χ3n) is 3.62. The molecule has 2 aromatic carbocycles. The van der Waals surface area contributed by atoms with Gasteiger partial charge >= 0.3 is 5.97 Å². The molecule has 0 bridgehead atoms. The lowest BCUT2D eigenvalue weighted by molar-refractivity contribution is 0.0596. The molecule has 1 heterocycles. The summed E-state index contributed by atoms with van der Waals surface area (Å²) in [5.41, 5.74) is -0.161. The second kappa shape index (κ2) is 7.04. The second-order valence-corrected chi connectivity index (χ2v) is 6.90. The number of carbonyl (C=O) groups is 2. The van der Waals surface area contributed by atoms with Gasteiger partial charge in [-0.05, 0) is 24.3 Å². The maximum atomic E-state index is 12.6. The van der Waals surface area contributed by atoms with Crippen LogP contribution in [-0.4, -0.2) is 40.6 Å². The maximum absolute atomic E-state index is 12.6. The predicted molar refractivity (Wildman–Crippen MR) is 89.9 cm³/mol. The summed E-state index contributed by atoms with van der Waals surface area (Å²) < 4.78 is 42.6. The van der Waals surface area contributed by atoms with Crippen LogP contribution in [0.5, 0.6) is 11.5 Å². The molecule has 8 nitrogen and oxygen atoms in total. The number of ether oxygens (including phenoxy) is 3. The van der Waals surface area contributed by atoms with Crippen molar-refractivity contribution in [2.45, 2.75) is 4.90 Å². The molecule has 0 aromatic heterocycles. The molecular weight excluding hydrogens is 362 g/mol. The van der Waals surface area contributed by atoms with Crippen molar-refractivity contribution in [1.82, 2.24) is 4.72 Å². The number of methoxy groups -OCH3 is 1. The summed E-state index contributed by atoms with van der Waals surface area (Å²) >= 11 is 0. The lowest BCUT2D eigenvalue weighted by atomic mass is 10.1. The molecule has 0 aliphatic carbocycles.